The van der Waals surface area contributed by atoms with E-state index in [0.29, 0.717) is 6.04 Å². The molecular formula is C14H23NO3. The SMILES string of the molecule is COC(=O)C1(NC2CC2)CCC(OCC2CC2)C1. The Bertz CT molecular complexity index is 325. The average molecular weight is 253 g/mol. The maximum atomic E-state index is 12.1. The van der Waals surface area contributed by atoms with Gasteiger partial charge in [-0.25, -0.2) is 0 Å². The molecular weight excluding hydrogens is 230 g/mol. The van der Waals surface area contributed by atoms with Crippen LogP contribution in [0.4, 0.5) is 0 Å². The summed E-state index contributed by atoms with van der Waals surface area (Å²) in [6, 6.07) is 0.520. The summed E-state index contributed by atoms with van der Waals surface area (Å²) in [6.45, 7) is 0.880. The third-order valence-electron chi connectivity index (χ3n) is 4.37. The molecule has 0 amide bonds. The maximum absolute atomic E-state index is 12.1. The summed E-state index contributed by atoms with van der Waals surface area (Å²) in [7, 11) is 1.48. The van der Waals surface area contributed by atoms with Crippen molar-refractivity contribution in [3.05, 3.63) is 0 Å². The van der Waals surface area contributed by atoms with Crippen molar-refractivity contribution in [3.63, 3.8) is 0 Å². The van der Waals surface area contributed by atoms with Gasteiger partial charge in [0, 0.05) is 19.1 Å². The van der Waals surface area contributed by atoms with Crippen LogP contribution in [0.3, 0.4) is 0 Å². The lowest BCUT2D eigenvalue weighted by molar-refractivity contribution is -0.149. The van der Waals surface area contributed by atoms with Crippen molar-refractivity contribution < 1.29 is 14.3 Å². The van der Waals surface area contributed by atoms with E-state index in [1.165, 1.54) is 32.8 Å². The number of hydrogen-bond acceptors (Lipinski definition) is 4. The van der Waals surface area contributed by atoms with Crippen molar-refractivity contribution in [2.45, 2.75) is 62.6 Å². The summed E-state index contributed by atoms with van der Waals surface area (Å²) >= 11 is 0. The predicted octanol–water partition coefficient (Wildman–Crippen LogP) is 1.63. The number of hydrogen-bond donors (Lipinski definition) is 1. The topological polar surface area (TPSA) is 47.6 Å². The molecule has 1 N–H and O–H groups in total. The minimum atomic E-state index is -0.468. The van der Waals surface area contributed by atoms with Gasteiger partial charge in [0.2, 0.25) is 0 Å². The smallest absolute Gasteiger partial charge is 0.326 e. The van der Waals surface area contributed by atoms with E-state index in [9.17, 15) is 4.79 Å². The van der Waals surface area contributed by atoms with Crippen LogP contribution in [0.25, 0.3) is 0 Å². The van der Waals surface area contributed by atoms with Gasteiger partial charge in [0.15, 0.2) is 0 Å². The number of carbonyl (C=O) groups excluding carboxylic acids is 1. The zero-order chi connectivity index (χ0) is 12.6. The first-order chi connectivity index (χ1) is 8.72. The summed E-state index contributed by atoms with van der Waals surface area (Å²) in [6.07, 6.45) is 7.84. The highest BCUT2D eigenvalue weighted by atomic mass is 16.5. The zero-order valence-corrected chi connectivity index (χ0v) is 11.1. The quantitative estimate of drug-likeness (QED) is 0.731. The first-order valence-electron chi connectivity index (χ1n) is 7.19. The van der Waals surface area contributed by atoms with Gasteiger partial charge in [0.1, 0.15) is 5.54 Å². The highest BCUT2D eigenvalue weighted by molar-refractivity contribution is 5.81. The molecule has 0 spiro atoms. The molecule has 0 aromatic carbocycles. The number of nitrogens with one attached hydrogen (secondary N) is 1. The largest absolute Gasteiger partial charge is 0.468 e. The van der Waals surface area contributed by atoms with Crippen molar-refractivity contribution >= 4 is 5.97 Å². The highest BCUT2D eigenvalue weighted by Crippen LogP contribution is 2.38. The van der Waals surface area contributed by atoms with Gasteiger partial charge in [-0.1, -0.05) is 0 Å². The molecule has 18 heavy (non-hydrogen) atoms. The van der Waals surface area contributed by atoms with Gasteiger partial charge in [-0.2, -0.15) is 0 Å². The first-order valence-corrected chi connectivity index (χ1v) is 7.19. The molecule has 0 saturated heterocycles. The van der Waals surface area contributed by atoms with Gasteiger partial charge in [-0.3, -0.25) is 10.1 Å². The lowest BCUT2D eigenvalue weighted by atomic mass is 9.97. The van der Waals surface area contributed by atoms with Crippen molar-refractivity contribution in [1.82, 2.24) is 5.32 Å². The number of esters is 1. The Hall–Kier alpha value is -0.610. The molecule has 0 heterocycles. The molecule has 0 aromatic rings. The van der Waals surface area contributed by atoms with E-state index in [1.54, 1.807) is 0 Å². The Kier molecular flexibility index (Phi) is 3.32. The van der Waals surface area contributed by atoms with E-state index in [-0.39, 0.29) is 12.1 Å². The van der Waals surface area contributed by atoms with Crippen LogP contribution in [-0.4, -0.2) is 37.4 Å². The number of carbonyl (C=O) groups is 1. The molecule has 4 nitrogen and oxygen atoms in total. The molecule has 102 valence electrons. The predicted molar refractivity (Wildman–Crippen MR) is 67.2 cm³/mol. The summed E-state index contributed by atoms with van der Waals surface area (Å²) in [5, 5.41) is 3.50. The number of ether oxygens (including phenoxy) is 2. The van der Waals surface area contributed by atoms with Gasteiger partial charge in [0.25, 0.3) is 0 Å². The molecule has 3 fully saturated rings. The van der Waals surface area contributed by atoms with E-state index in [4.69, 9.17) is 9.47 Å². The molecule has 3 aliphatic carbocycles. The molecule has 0 bridgehead atoms. The van der Waals surface area contributed by atoms with Gasteiger partial charge in [0.05, 0.1) is 13.2 Å². The minimum absolute atomic E-state index is 0.105. The third kappa shape index (κ3) is 2.69. The van der Waals surface area contributed by atoms with Crippen LogP contribution < -0.4 is 5.32 Å². The van der Waals surface area contributed by atoms with E-state index in [2.05, 4.69) is 5.32 Å². The van der Waals surface area contributed by atoms with Gasteiger partial charge >= 0.3 is 5.97 Å². The van der Waals surface area contributed by atoms with Crippen LogP contribution in [0.15, 0.2) is 0 Å². The summed E-state index contributed by atoms with van der Waals surface area (Å²) < 4.78 is 10.9. The van der Waals surface area contributed by atoms with Crippen LogP contribution in [0.1, 0.15) is 44.9 Å². The second-order valence-electron chi connectivity index (χ2n) is 6.13. The average Bonchev–Trinajstić information content (AvgIpc) is 3.28. The van der Waals surface area contributed by atoms with Crippen LogP contribution in [0.2, 0.25) is 0 Å². The Morgan fingerprint density at radius 1 is 1.28 bits per heavy atom. The van der Waals surface area contributed by atoms with Gasteiger partial charge in [-0.15, -0.1) is 0 Å². The molecule has 4 heteroatoms. The number of methoxy groups -OCH3 is 1. The second kappa shape index (κ2) is 4.82. The second-order valence-corrected chi connectivity index (χ2v) is 6.13. The standard InChI is InChI=1S/C14H23NO3/c1-17-13(16)14(15-11-4-5-11)7-6-12(8-14)18-9-10-2-3-10/h10-12,15H,2-9H2,1H3. The Balaban J connectivity index is 1.57. The fraction of sp³-hybridized carbons (Fsp3) is 0.929. The molecule has 0 radical (unpaired) electrons. The maximum Gasteiger partial charge on any atom is 0.326 e. The summed E-state index contributed by atoms with van der Waals surface area (Å²) in [5.74, 6) is 0.682. The van der Waals surface area contributed by atoms with Crippen LogP contribution in [-0.2, 0) is 14.3 Å². The first kappa shape index (κ1) is 12.4. The van der Waals surface area contributed by atoms with E-state index >= 15 is 0 Å². The zero-order valence-electron chi connectivity index (χ0n) is 11.1. The molecule has 3 saturated carbocycles. The van der Waals surface area contributed by atoms with Crippen molar-refractivity contribution in [2.24, 2.45) is 5.92 Å². The molecule has 3 aliphatic rings. The monoisotopic (exact) mass is 253 g/mol. The lowest BCUT2D eigenvalue weighted by Gasteiger charge is -2.27. The van der Waals surface area contributed by atoms with Gasteiger partial charge in [-0.05, 0) is 44.4 Å². The molecule has 3 rings (SSSR count). The lowest BCUT2D eigenvalue weighted by Crippen LogP contribution is -2.52. The van der Waals surface area contributed by atoms with Crippen molar-refractivity contribution in [3.8, 4) is 0 Å². The molecule has 0 aliphatic heterocycles. The van der Waals surface area contributed by atoms with Crippen LogP contribution in [0, 0.1) is 5.92 Å². The molecule has 2 unspecified atom stereocenters. The minimum Gasteiger partial charge on any atom is -0.468 e. The van der Waals surface area contributed by atoms with Crippen molar-refractivity contribution in [2.75, 3.05) is 13.7 Å². The highest BCUT2D eigenvalue weighted by Gasteiger charge is 2.49. The summed E-state index contributed by atoms with van der Waals surface area (Å²) in [4.78, 5) is 12.1. The normalized spacial score (nSPS) is 35.7. The fourth-order valence-corrected chi connectivity index (χ4v) is 2.89. The Labute approximate surface area is 108 Å². The van der Waals surface area contributed by atoms with Crippen molar-refractivity contribution in [1.29, 1.82) is 0 Å². The van der Waals surface area contributed by atoms with Crippen LogP contribution in [0.5, 0.6) is 0 Å². The van der Waals surface area contributed by atoms with Crippen LogP contribution >= 0.6 is 0 Å². The van der Waals surface area contributed by atoms with E-state index in [0.717, 1.165) is 31.8 Å². The van der Waals surface area contributed by atoms with E-state index in [1.807, 2.05) is 0 Å². The van der Waals surface area contributed by atoms with Gasteiger partial charge < -0.3 is 9.47 Å². The third-order valence-corrected chi connectivity index (χ3v) is 4.37. The molecule has 2 atom stereocenters. The fourth-order valence-electron chi connectivity index (χ4n) is 2.89. The Morgan fingerprint density at radius 2 is 2.06 bits per heavy atom. The molecule has 0 aromatic heterocycles. The summed E-state index contributed by atoms with van der Waals surface area (Å²) in [5.41, 5.74) is -0.468. The number of rotatable bonds is 6. The Morgan fingerprint density at radius 3 is 2.67 bits per heavy atom. The van der Waals surface area contributed by atoms with E-state index < -0.39 is 5.54 Å².